The van der Waals surface area contributed by atoms with Gasteiger partial charge in [-0.25, -0.2) is 15.0 Å². The van der Waals surface area contributed by atoms with Crippen molar-refractivity contribution in [3.05, 3.63) is 95.8 Å². The average molecular weight is 766 g/mol. The first-order chi connectivity index (χ1) is 27.9. The van der Waals surface area contributed by atoms with Crippen LogP contribution in [0.5, 0.6) is 5.88 Å². The summed E-state index contributed by atoms with van der Waals surface area (Å²) in [7, 11) is 0. The molecular formula is C45H51N9O3. The molecule has 0 bridgehead atoms. The number of nitrogens with one attached hydrogen (secondary N) is 4. The molecule has 1 unspecified atom stereocenters. The Morgan fingerprint density at radius 1 is 0.789 bits per heavy atom. The zero-order valence-corrected chi connectivity index (χ0v) is 32.6. The van der Waals surface area contributed by atoms with Gasteiger partial charge in [0.15, 0.2) is 0 Å². The zero-order valence-electron chi connectivity index (χ0n) is 32.6. The van der Waals surface area contributed by atoms with E-state index in [2.05, 4.69) is 115 Å². The Hall–Kier alpha value is -5.59. The molecule has 0 aliphatic carbocycles. The van der Waals surface area contributed by atoms with Gasteiger partial charge >= 0.3 is 0 Å². The van der Waals surface area contributed by atoms with Gasteiger partial charge in [0.25, 0.3) is 0 Å². The van der Waals surface area contributed by atoms with Gasteiger partial charge in [-0.2, -0.15) is 0 Å². The van der Waals surface area contributed by atoms with E-state index in [4.69, 9.17) is 9.72 Å². The number of aromatic nitrogens is 3. The molecular weight excluding hydrogens is 715 g/mol. The van der Waals surface area contributed by atoms with E-state index in [1.807, 2.05) is 12.4 Å². The molecule has 1 atom stereocenters. The van der Waals surface area contributed by atoms with E-state index in [1.54, 1.807) is 0 Å². The molecule has 5 aromatic rings. The van der Waals surface area contributed by atoms with Crippen LogP contribution in [0.1, 0.15) is 67.1 Å². The van der Waals surface area contributed by atoms with Gasteiger partial charge in [0.1, 0.15) is 18.3 Å². The molecule has 57 heavy (non-hydrogen) atoms. The Bertz CT molecular complexity index is 2230. The highest BCUT2D eigenvalue weighted by Gasteiger charge is 2.27. The van der Waals surface area contributed by atoms with E-state index >= 15 is 0 Å². The number of carbonyl (C=O) groups excluding carboxylic acids is 2. The lowest BCUT2D eigenvalue weighted by atomic mass is 9.89. The van der Waals surface area contributed by atoms with Crippen LogP contribution in [-0.2, 0) is 9.59 Å². The predicted molar refractivity (Wildman–Crippen MR) is 224 cm³/mol. The summed E-state index contributed by atoms with van der Waals surface area (Å²) in [6, 6.07) is 23.3. The summed E-state index contributed by atoms with van der Waals surface area (Å²) >= 11 is 0. The number of hydrogen-bond donors (Lipinski definition) is 4. The summed E-state index contributed by atoms with van der Waals surface area (Å²) < 4.78 is 5.72. The lowest BCUT2D eigenvalue weighted by molar-refractivity contribution is -0.133. The first-order valence-electron chi connectivity index (χ1n) is 20.6. The number of benzene rings is 3. The van der Waals surface area contributed by atoms with Crippen molar-refractivity contribution in [2.24, 2.45) is 0 Å². The maximum absolute atomic E-state index is 12.1. The van der Waals surface area contributed by atoms with Crippen LogP contribution in [0.25, 0.3) is 22.0 Å². The Morgan fingerprint density at radius 3 is 2.12 bits per heavy atom. The molecule has 2 amide bonds. The van der Waals surface area contributed by atoms with Crippen molar-refractivity contribution in [3.63, 3.8) is 0 Å². The molecule has 0 spiro atoms. The van der Waals surface area contributed by atoms with Gasteiger partial charge in [0, 0.05) is 60.8 Å². The summed E-state index contributed by atoms with van der Waals surface area (Å²) in [5, 5.41) is 13.6. The number of ether oxygens (including phenoxy) is 1. The van der Waals surface area contributed by atoms with Crippen molar-refractivity contribution in [1.82, 2.24) is 30.1 Å². The normalized spacial score (nSPS) is 19.7. The van der Waals surface area contributed by atoms with Crippen molar-refractivity contribution >= 4 is 45.7 Å². The molecule has 12 heteroatoms. The number of imide groups is 1. The highest BCUT2D eigenvalue weighted by molar-refractivity contribution is 6.01. The maximum atomic E-state index is 12.1. The van der Waals surface area contributed by atoms with Crippen molar-refractivity contribution in [2.75, 3.05) is 68.4 Å². The first kappa shape index (κ1) is 37.0. The molecule has 6 heterocycles. The minimum absolute atomic E-state index is 0.189. The van der Waals surface area contributed by atoms with Gasteiger partial charge in [-0.05, 0) is 130 Å². The number of pyridine rings is 1. The number of hydrogen-bond acceptors (Lipinski definition) is 11. The minimum Gasteiger partial charge on any atom is -0.474 e. The summed E-state index contributed by atoms with van der Waals surface area (Å²) in [6.07, 6.45) is 9.38. The molecule has 4 aliphatic heterocycles. The van der Waals surface area contributed by atoms with Crippen molar-refractivity contribution in [1.29, 1.82) is 0 Å². The maximum Gasteiger partial charge on any atom is 0.249 e. The Labute approximate surface area is 333 Å². The summed E-state index contributed by atoms with van der Waals surface area (Å²) in [4.78, 5) is 42.9. The number of anilines is 4. The van der Waals surface area contributed by atoms with Gasteiger partial charge < -0.3 is 30.5 Å². The van der Waals surface area contributed by atoms with Crippen LogP contribution in [0.3, 0.4) is 0 Å². The fourth-order valence-corrected chi connectivity index (χ4v) is 8.88. The Balaban J connectivity index is 0.720. The van der Waals surface area contributed by atoms with Crippen LogP contribution in [0.2, 0.25) is 0 Å². The largest absolute Gasteiger partial charge is 0.474 e. The zero-order chi connectivity index (χ0) is 38.7. The number of rotatable bonds is 10. The summed E-state index contributed by atoms with van der Waals surface area (Å²) in [5.74, 6) is 1.97. The van der Waals surface area contributed by atoms with E-state index < -0.39 is 0 Å². The lowest BCUT2D eigenvalue weighted by Gasteiger charge is -2.36. The molecule has 294 valence electrons. The van der Waals surface area contributed by atoms with Gasteiger partial charge in [0.2, 0.25) is 23.6 Å². The third-order valence-electron chi connectivity index (χ3n) is 12.3. The van der Waals surface area contributed by atoms with Crippen LogP contribution < -0.4 is 26.0 Å². The second-order valence-corrected chi connectivity index (χ2v) is 16.0. The van der Waals surface area contributed by atoms with Crippen LogP contribution >= 0.6 is 0 Å². The standard InChI is InChI=1S/C45H51N9O3/c1-29-38(28-47-44-42(29)46-18-25-57-44)34-2-3-35-27-48-45(51-40(35)26-34)50-37-10-6-31(7-11-37)33-16-21-54(22-17-33)24-23-53-19-14-32(15-20-53)30-4-8-36(9-5-30)49-39-12-13-41(55)52-43(39)56/h2-11,26-28,32-33,39,46,49H,12-25H2,1H3,(H,48,50,51)(H,52,55,56). The van der Waals surface area contributed by atoms with E-state index in [0.717, 1.165) is 90.5 Å². The number of nitrogens with zero attached hydrogens (tertiary/aromatic N) is 5. The van der Waals surface area contributed by atoms with Crippen molar-refractivity contribution < 1.29 is 14.3 Å². The smallest absolute Gasteiger partial charge is 0.249 e. The monoisotopic (exact) mass is 765 g/mol. The Morgan fingerprint density at radius 2 is 1.46 bits per heavy atom. The summed E-state index contributed by atoms with van der Waals surface area (Å²) in [5.41, 5.74) is 9.76. The number of piperidine rings is 3. The average Bonchev–Trinajstić information content (AvgIpc) is 3.25. The predicted octanol–water partition coefficient (Wildman–Crippen LogP) is 6.82. The molecule has 9 rings (SSSR count). The number of carbonyl (C=O) groups is 2. The SMILES string of the molecule is Cc1c(-c2ccc3cnc(Nc4ccc(C5CCN(CCN6CCC(c7ccc(NC8CCC(=O)NC8=O)cc7)CC6)CC5)cc4)nc3c2)cnc2c1NCCO2. The second-order valence-electron chi connectivity index (χ2n) is 16.0. The van der Waals surface area contributed by atoms with Gasteiger partial charge in [-0.3, -0.25) is 14.9 Å². The van der Waals surface area contributed by atoms with Crippen LogP contribution in [-0.4, -0.2) is 95.0 Å². The quantitative estimate of drug-likeness (QED) is 0.112. The number of amides is 2. The van der Waals surface area contributed by atoms with E-state index in [-0.39, 0.29) is 17.9 Å². The molecule has 3 fully saturated rings. The van der Waals surface area contributed by atoms with Gasteiger partial charge in [0.05, 0.1) is 5.52 Å². The first-order valence-corrected chi connectivity index (χ1v) is 20.6. The molecule has 0 radical (unpaired) electrons. The molecule has 2 aromatic heterocycles. The minimum atomic E-state index is -0.352. The molecule has 3 saturated heterocycles. The van der Waals surface area contributed by atoms with E-state index in [0.29, 0.717) is 43.1 Å². The lowest BCUT2D eigenvalue weighted by Crippen LogP contribution is -2.47. The second kappa shape index (κ2) is 16.5. The molecule has 0 saturated carbocycles. The molecule has 3 aromatic carbocycles. The fourth-order valence-electron chi connectivity index (χ4n) is 8.88. The van der Waals surface area contributed by atoms with E-state index in [1.165, 1.54) is 36.8 Å². The highest BCUT2D eigenvalue weighted by Crippen LogP contribution is 2.36. The van der Waals surface area contributed by atoms with Crippen LogP contribution in [0.15, 0.2) is 79.1 Å². The summed E-state index contributed by atoms with van der Waals surface area (Å²) in [6.45, 7) is 10.3. The number of likely N-dealkylation sites (tertiary alicyclic amines) is 2. The van der Waals surface area contributed by atoms with Crippen LogP contribution in [0.4, 0.5) is 23.0 Å². The fraction of sp³-hybridized carbons (Fsp3) is 0.400. The van der Waals surface area contributed by atoms with E-state index in [9.17, 15) is 9.59 Å². The van der Waals surface area contributed by atoms with Gasteiger partial charge in [-0.1, -0.05) is 36.4 Å². The highest BCUT2D eigenvalue weighted by atomic mass is 16.5. The molecule has 4 N–H and O–H groups in total. The van der Waals surface area contributed by atoms with Crippen molar-refractivity contribution in [3.8, 4) is 17.0 Å². The Kier molecular flexibility index (Phi) is 10.7. The van der Waals surface area contributed by atoms with Crippen molar-refractivity contribution in [2.45, 2.75) is 63.3 Å². The topological polar surface area (TPSA) is 137 Å². The number of fused-ring (bicyclic) bond motifs is 2. The van der Waals surface area contributed by atoms with Crippen LogP contribution in [0, 0.1) is 6.92 Å². The molecule has 4 aliphatic rings. The van der Waals surface area contributed by atoms with Gasteiger partial charge in [-0.15, -0.1) is 0 Å². The third kappa shape index (κ3) is 8.43. The molecule has 12 nitrogen and oxygen atoms in total. The third-order valence-corrected chi connectivity index (χ3v) is 12.3.